The van der Waals surface area contributed by atoms with Crippen molar-refractivity contribution < 1.29 is 0 Å². The fraction of sp³-hybridized carbons (Fsp3) is 1.00. The van der Waals surface area contributed by atoms with Crippen molar-refractivity contribution in [3.63, 3.8) is 0 Å². The van der Waals surface area contributed by atoms with Crippen LogP contribution >= 0.6 is 0 Å². The van der Waals surface area contributed by atoms with E-state index in [2.05, 4.69) is 27.7 Å². The van der Waals surface area contributed by atoms with Gasteiger partial charge in [-0.25, -0.2) is 0 Å². The van der Waals surface area contributed by atoms with Crippen molar-refractivity contribution in [2.45, 2.75) is 79.1 Å². The van der Waals surface area contributed by atoms with Crippen LogP contribution < -0.4 is 0 Å². The first-order valence-corrected chi connectivity index (χ1v) is 6.24. The second kappa shape index (κ2) is 7.41. The fourth-order valence-corrected chi connectivity index (χ4v) is 2.19. The molecule has 0 aromatic rings. The molecule has 0 bridgehead atoms. The number of hydrogen-bond acceptors (Lipinski definition) is 0. The predicted molar refractivity (Wildman–Crippen MR) is 62.1 cm³/mol. The highest BCUT2D eigenvalue weighted by molar-refractivity contribution is 4.76. The van der Waals surface area contributed by atoms with Gasteiger partial charge in [-0.1, -0.05) is 66.2 Å². The van der Waals surface area contributed by atoms with E-state index in [1.165, 1.54) is 51.4 Å². The van der Waals surface area contributed by atoms with E-state index in [1.54, 1.807) is 0 Å². The van der Waals surface area contributed by atoms with Gasteiger partial charge in [-0.3, -0.25) is 0 Å². The zero-order valence-corrected chi connectivity index (χ0v) is 10.2. The van der Waals surface area contributed by atoms with E-state index in [-0.39, 0.29) is 0 Å². The molecule has 0 radical (unpaired) electrons. The Morgan fingerprint density at radius 1 is 0.692 bits per heavy atom. The van der Waals surface area contributed by atoms with Gasteiger partial charge in [-0.05, 0) is 18.3 Å². The van der Waals surface area contributed by atoms with Crippen LogP contribution in [0.2, 0.25) is 0 Å². The lowest BCUT2D eigenvalue weighted by Gasteiger charge is -2.31. The summed E-state index contributed by atoms with van der Waals surface area (Å²) in [5, 5.41) is 0. The Bertz CT molecular complexity index is 90.6. The molecule has 0 aromatic heterocycles. The molecule has 0 aliphatic rings. The molecule has 0 heteroatoms. The molecule has 0 fully saturated rings. The summed E-state index contributed by atoms with van der Waals surface area (Å²) in [6.07, 6.45) is 11.2. The van der Waals surface area contributed by atoms with Crippen LogP contribution in [0.3, 0.4) is 0 Å². The quantitative estimate of drug-likeness (QED) is 0.488. The Morgan fingerprint density at radius 3 is 1.31 bits per heavy atom. The lowest BCUT2D eigenvalue weighted by molar-refractivity contribution is 0.206. The Morgan fingerprint density at radius 2 is 1.08 bits per heavy atom. The highest BCUT2D eigenvalue weighted by Gasteiger charge is 2.23. The van der Waals surface area contributed by atoms with Crippen LogP contribution in [-0.4, -0.2) is 0 Å². The van der Waals surface area contributed by atoms with Crippen molar-refractivity contribution in [2.24, 2.45) is 5.41 Å². The van der Waals surface area contributed by atoms with E-state index in [9.17, 15) is 0 Å². The van der Waals surface area contributed by atoms with Crippen LogP contribution in [0, 0.1) is 5.41 Å². The molecule has 80 valence electrons. The Hall–Kier alpha value is 0. The number of hydrogen-bond donors (Lipinski definition) is 0. The highest BCUT2D eigenvalue weighted by Crippen LogP contribution is 2.37. The van der Waals surface area contributed by atoms with E-state index in [0.717, 1.165) is 0 Å². The molecule has 0 amide bonds. The monoisotopic (exact) mass is 184 g/mol. The van der Waals surface area contributed by atoms with Gasteiger partial charge in [0.05, 0.1) is 0 Å². The van der Waals surface area contributed by atoms with E-state index in [4.69, 9.17) is 0 Å². The molecule has 0 unspecified atom stereocenters. The van der Waals surface area contributed by atoms with E-state index >= 15 is 0 Å². The van der Waals surface area contributed by atoms with Crippen molar-refractivity contribution in [1.82, 2.24) is 0 Å². The van der Waals surface area contributed by atoms with Crippen molar-refractivity contribution in [2.75, 3.05) is 0 Å². The minimum Gasteiger partial charge on any atom is -0.0654 e. The van der Waals surface area contributed by atoms with Gasteiger partial charge in [0, 0.05) is 0 Å². The predicted octanol–water partition coefficient (Wildman–Crippen LogP) is 5.17. The van der Waals surface area contributed by atoms with E-state index < -0.39 is 0 Å². The molecule has 0 aromatic carbocycles. The average Bonchev–Trinajstić information content (AvgIpc) is 2.20. The maximum absolute atomic E-state index is 2.37. The third kappa shape index (κ3) is 4.69. The second-order valence-electron chi connectivity index (χ2n) is 4.41. The number of unbranched alkanes of at least 4 members (excludes halogenated alkanes) is 2. The summed E-state index contributed by atoms with van der Waals surface area (Å²) in [5.74, 6) is 0. The van der Waals surface area contributed by atoms with Gasteiger partial charge in [-0.2, -0.15) is 0 Å². The van der Waals surface area contributed by atoms with Gasteiger partial charge in [0.15, 0.2) is 0 Å². The van der Waals surface area contributed by atoms with Gasteiger partial charge < -0.3 is 0 Å². The van der Waals surface area contributed by atoms with Crippen molar-refractivity contribution in [3.8, 4) is 0 Å². The molecule has 0 heterocycles. The summed E-state index contributed by atoms with van der Waals surface area (Å²) in [4.78, 5) is 0. The maximum Gasteiger partial charge on any atom is -0.0303 e. The Balaban J connectivity index is 3.97. The van der Waals surface area contributed by atoms with Gasteiger partial charge in [-0.15, -0.1) is 0 Å². The lowest BCUT2D eigenvalue weighted by Crippen LogP contribution is -2.18. The molecule has 0 aliphatic carbocycles. The standard InChI is InChI=1S/C13H28/c1-5-9-11-13(7-3,8-4)12-10-6-2/h5-12H2,1-4H3. The molecular weight excluding hydrogens is 156 g/mol. The topological polar surface area (TPSA) is 0 Å². The lowest BCUT2D eigenvalue weighted by atomic mass is 9.74. The largest absolute Gasteiger partial charge is 0.0654 e. The zero-order valence-electron chi connectivity index (χ0n) is 10.2. The SMILES string of the molecule is CCCCC(CC)(CC)CCCC. The summed E-state index contributed by atoms with van der Waals surface area (Å²) < 4.78 is 0. The molecule has 0 saturated carbocycles. The maximum atomic E-state index is 2.37. The van der Waals surface area contributed by atoms with Crippen LogP contribution in [0.1, 0.15) is 79.1 Å². The molecule has 0 rings (SSSR count). The molecule has 0 atom stereocenters. The second-order valence-corrected chi connectivity index (χ2v) is 4.41. The molecule has 0 spiro atoms. The van der Waals surface area contributed by atoms with Gasteiger partial charge >= 0.3 is 0 Å². The average molecular weight is 184 g/mol. The number of rotatable bonds is 8. The Labute approximate surface area is 85.1 Å². The van der Waals surface area contributed by atoms with Crippen molar-refractivity contribution in [1.29, 1.82) is 0 Å². The van der Waals surface area contributed by atoms with Gasteiger partial charge in [0.1, 0.15) is 0 Å². The molecular formula is C13H28. The van der Waals surface area contributed by atoms with Gasteiger partial charge in [0.25, 0.3) is 0 Å². The van der Waals surface area contributed by atoms with E-state index in [0.29, 0.717) is 5.41 Å². The Kier molecular flexibility index (Phi) is 7.41. The zero-order chi connectivity index (χ0) is 10.2. The molecule has 13 heavy (non-hydrogen) atoms. The van der Waals surface area contributed by atoms with Crippen LogP contribution in [0.5, 0.6) is 0 Å². The summed E-state index contributed by atoms with van der Waals surface area (Å²) >= 11 is 0. The van der Waals surface area contributed by atoms with Gasteiger partial charge in [0.2, 0.25) is 0 Å². The third-order valence-corrected chi connectivity index (χ3v) is 3.62. The molecule has 0 nitrogen and oxygen atoms in total. The first kappa shape index (κ1) is 13.0. The van der Waals surface area contributed by atoms with Crippen LogP contribution in [0.4, 0.5) is 0 Å². The third-order valence-electron chi connectivity index (χ3n) is 3.62. The normalized spacial score (nSPS) is 12.0. The summed E-state index contributed by atoms with van der Waals surface area (Å²) in [7, 11) is 0. The van der Waals surface area contributed by atoms with Crippen LogP contribution in [0.15, 0.2) is 0 Å². The minimum absolute atomic E-state index is 0.687. The smallest absolute Gasteiger partial charge is 0.0303 e. The van der Waals surface area contributed by atoms with Crippen molar-refractivity contribution in [3.05, 3.63) is 0 Å². The van der Waals surface area contributed by atoms with E-state index in [1.807, 2.05) is 0 Å². The molecule has 0 N–H and O–H groups in total. The highest BCUT2D eigenvalue weighted by atomic mass is 14.3. The molecule has 0 saturated heterocycles. The molecule has 0 aliphatic heterocycles. The van der Waals surface area contributed by atoms with Crippen LogP contribution in [0.25, 0.3) is 0 Å². The summed E-state index contributed by atoms with van der Waals surface area (Å²) in [5.41, 5.74) is 0.687. The first-order chi connectivity index (χ1) is 6.24. The summed E-state index contributed by atoms with van der Waals surface area (Å²) in [6, 6.07) is 0. The fourth-order valence-electron chi connectivity index (χ4n) is 2.19. The van der Waals surface area contributed by atoms with Crippen molar-refractivity contribution >= 4 is 0 Å². The van der Waals surface area contributed by atoms with Crippen LogP contribution in [-0.2, 0) is 0 Å². The first-order valence-electron chi connectivity index (χ1n) is 6.24. The minimum atomic E-state index is 0.687. The summed E-state index contributed by atoms with van der Waals surface area (Å²) in [6.45, 7) is 9.34.